The van der Waals surface area contributed by atoms with E-state index in [1.807, 2.05) is 11.7 Å². The third kappa shape index (κ3) is 3.77. The summed E-state index contributed by atoms with van der Waals surface area (Å²) in [6, 6.07) is 0.686. The van der Waals surface area contributed by atoms with Crippen LogP contribution >= 0.6 is 11.6 Å². The van der Waals surface area contributed by atoms with Gasteiger partial charge in [0.15, 0.2) is 0 Å². The summed E-state index contributed by atoms with van der Waals surface area (Å²) in [6.07, 6.45) is 9.33. The molecule has 2 saturated carbocycles. The van der Waals surface area contributed by atoms with Crippen molar-refractivity contribution in [1.29, 1.82) is 0 Å². The van der Waals surface area contributed by atoms with Gasteiger partial charge >= 0.3 is 0 Å². The van der Waals surface area contributed by atoms with E-state index < -0.39 is 0 Å². The molecule has 0 unspecified atom stereocenters. The topological polar surface area (TPSA) is 94.5 Å². The number of rotatable bonds is 5. The zero-order valence-electron chi connectivity index (χ0n) is 14.5. The van der Waals surface area contributed by atoms with Crippen LogP contribution in [0.2, 0.25) is 5.02 Å². The molecule has 134 valence electrons. The number of hydrogen-bond donors (Lipinski definition) is 2. The smallest absolute Gasteiger partial charge is 0.223 e. The number of anilines is 1. The molecule has 0 atom stereocenters. The van der Waals surface area contributed by atoms with Crippen LogP contribution in [-0.2, 0) is 13.5 Å². The van der Waals surface area contributed by atoms with Gasteiger partial charge in [-0.05, 0) is 50.9 Å². The minimum absolute atomic E-state index is 0.323. The Labute approximate surface area is 152 Å². The lowest BCUT2D eigenvalue weighted by molar-refractivity contribution is 0.410. The lowest BCUT2D eigenvalue weighted by Gasteiger charge is -2.26. The van der Waals surface area contributed by atoms with Gasteiger partial charge in [-0.2, -0.15) is 0 Å². The summed E-state index contributed by atoms with van der Waals surface area (Å²) in [4.78, 5) is 9.00. The fourth-order valence-corrected chi connectivity index (χ4v) is 3.61. The minimum atomic E-state index is 0.323. The number of hydrogen-bond acceptors (Lipinski definition) is 6. The maximum Gasteiger partial charge on any atom is 0.223 e. The van der Waals surface area contributed by atoms with Crippen molar-refractivity contribution in [2.45, 2.75) is 57.0 Å². The van der Waals surface area contributed by atoms with Crippen molar-refractivity contribution < 1.29 is 0 Å². The van der Waals surface area contributed by atoms with E-state index in [9.17, 15) is 0 Å². The first-order valence-corrected chi connectivity index (χ1v) is 9.41. The number of nitrogens with one attached hydrogen (secondary N) is 1. The SMILES string of the molecule is Cn1nnc(-c2nc(N[C@H]3CC[C@H](N)CC3)ncc2Cl)c1CC1CC1. The molecule has 2 aliphatic carbocycles. The normalized spacial score (nSPS) is 23.6. The summed E-state index contributed by atoms with van der Waals surface area (Å²) in [6.45, 7) is 0. The molecule has 0 aliphatic heterocycles. The molecule has 8 heteroatoms. The number of aromatic nitrogens is 5. The van der Waals surface area contributed by atoms with E-state index in [0.717, 1.165) is 49.4 Å². The monoisotopic (exact) mass is 361 g/mol. The zero-order chi connectivity index (χ0) is 17.4. The Morgan fingerprint density at radius 3 is 2.68 bits per heavy atom. The molecule has 0 aromatic carbocycles. The summed E-state index contributed by atoms with van der Waals surface area (Å²) < 4.78 is 1.84. The molecule has 2 aromatic heterocycles. The standard InChI is InChI=1S/C17H24ClN7/c1-25-14(8-10-2-3-10)16(23-24-25)15-13(18)9-20-17(22-15)21-12-6-4-11(19)5-7-12/h9-12H,2-8,19H2,1H3,(H,20,21,22)/t11-,12-. The summed E-state index contributed by atoms with van der Waals surface area (Å²) in [7, 11) is 1.92. The molecule has 3 N–H and O–H groups in total. The van der Waals surface area contributed by atoms with Crippen LogP contribution in [0.4, 0.5) is 5.95 Å². The van der Waals surface area contributed by atoms with E-state index in [-0.39, 0.29) is 0 Å². The molecule has 0 spiro atoms. The van der Waals surface area contributed by atoms with Gasteiger partial charge in [0.2, 0.25) is 5.95 Å². The second-order valence-corrected chi connectivity index (χ2v) is 7.71. The van der Waals surface area contributed by atoms with Crippen LogP contribution in [-0.4, -0.2) is 37.0 Å². The quantitative estimate of drug-likeness (QED) is 0.849. The average Bonchev–Trinajstić information content (AvgIpc) is 3.35. The molecule has 0 saturated heterocycles. The van der Waals surface area contributed by atoms with Crippen LogP contribution in [0.15, 0.2) is 6.20 Å². The zero-order valence-corrected chi connectivity index (χ0v) is 15.2. The molecule has 4 rings (SSSR count). The Morgan fingerprint density at radius 2 is 1.96 bits per heavy atom. The molecule has 2 aromatic rings. The van der Waals surface area contributed by atoms with Crippen LogP contribution in [0.1, 0.15) is 44.2 Å². The highest BCUT2D eigenvalue weighted by atomic mass is 35.5. The Hall–Kier alpha value is -1.73. The predicted octanol–water partition coefficient (Wildman–Crippen LogP) is 2.56. The molecule has 0 radical (unpaired) electrons. The highest BCUT2D eigenvalue weighted by Crippen LogP contribution is 2.36. The summed E-state index contributed by atoms with van der Waals surface area (Å²) in [5.41, 5.74) is 8.51. The van der Waals surface area contributed by atoms with Crippen LogP contribution in [0.5, 0.6) is 0 Å². The average molecular weight is 362 g/mol. The third-order valence-corrected chi connectivity index (χ3v) is 5.47. The van der Waals surface area contributed by atoms with Crippen LogP contribution < -0.4 is 11.1 Å². The van der Waals surface area contributed by atoms with E-state index in [1.54, 1.807) is 6.20 Å². The van der Waals surface area contributed by atoms with Crippen molar-refractivity contribution in [3.63, 3.8) is 0 Å². The molecule has 2 heterocycles. The second kappa shape index (κ2) is 6.88. The van der Waals surface area contributed by atoms with Crippen LogP contribution in [0.25, 0.3) is 11.4 Å². The lowest BCUT2D eigenvalue weighted by Crippen LogP contribution is -2.33. The Morgan fingerprint density at radius 1 is 1.20 bits per heavy atom. The third-order valence-electron chi connectivity index (χ3n) is 5.20. The van der Waals surface area contributed by atoms with Gasteiger partial charge in [0.05, 0.1) is 16.9 Å². The molecule has 25 heavy (non-hydrogen) atoms. The van der Waals surface area contributed by atoms with Crippen LogP contribution in [0.3, 0.4) is 0 Å². The van der Waals surface area contributed by atoms with E-state index in [1.165, 1.54) is 12.8 Å². The summed E-state index contributed by atoms with van der Waals surface area (Å²) >= 11 is 6.38. The number of nitrogens with zero attached hydrogens (tertiary/aromatic N) is 5. The van der Waals surface area contributed by atoms with Crippen LogP contribution in [0, 0.1) is 5.92 Å². The van der Waals surface area contributed by atoms with Crippen molar-refractivity contribution >= 4 is 17.5 Å². The molecule has 0 bridgehead atoms. The maximum absolute atomic E-state index is 6.38. The van der Waals surface area contributed by atoms with E-state index >= 15 is 0 Å². The second-order valence-electron chi connectivity index (χ2n) is 7.30. The van der Waals surface area contributed by atoms with Crippen molar-refractivity contribution in [3.8, 4) is 11.4 Å². The van der Waals surface area contributed by atoms with Gasteiger partial charge in [-0.1, -0.05) is 16.8 Å². The molecular formula is C17H24ClN7. The van der Waals surface area contributed by atoms with Gasteiger partial charge in [-0.3, -0.25) is 4.68 Å². The van der Waals surface area contributed by atoms with Gasteiger partial charge in [-0.25, -0.2) is 9.97 Å². The fourth-order valence-electron chi connectivity index (χ4n) is 3.43. The fraction of sp³-hybridized carbons (Fsp3) is 0.647. The maximum atomic E-state index is 6.38. The minimum Gasteiger partial charge on any atom is -0.351 e. The van der Waals surface area contributed by atoms with Crippen molar-refractivity contribution in [1.82, 2.24) is 25.0 Å². The summed E-state index contributed by atoms with van der Waals surface area (Å²) in [5, 5.41) is 12.4. The number of nitrogens with two attached hydrogens (primary N) is 1. The lowest BCUT2D eigenvalue weighted by atomic mass is 9.92. The van der Waals surface area contributed by atoms with Crippen molar-refractivity contribution in [2.24, 2.45) is 18.7 Å². The number of halogens is 1. The summed E-state index contributed by atoms with van der Waals surface area (Å²) in [5.74, 6) is 1.34. The van der Waals surface area contributed by atoms with Gasteiger partial charge in [0.25, 0.3) is 0 Å². The molecule has 0 amide bonds. The van der Waals surface area contributed by atoms with E-state index in [4.69, 9.17) is 17.3 Å². The van der Waals surface area contributed by atoms with Gasteiger partial charge in [-0.15, -0.1) is 5.10 Å². The predicted molar refractivity (Wildman–Crippen MR) is 97.3 cm³/mol. The first-order valence-electron chi connectivity index (χ1n) is 9.03. The molecule has 2 aliphatic rings. The van der Waals surface area contributed by atoms with Crippen molar-refractivity contribution in [3.05, 3.63) is 16.9 Å². The van der Waals surface area contributed by atoms with Crippen molar-refractivity contribution in [2.75, 3.05) is 5.32 Å². The van der Waals surface area contributed by atoms with E-state index in [0.29, 0.717) is 28.7 Å². The van der Waals surface area contributed by atoms with Gasteiger partial charge in [0, 0.05) is 19.1 Å². The Bertz CT molecular complexity index is 747. The number of aryl methyl sites for hydroxylation is 1. The molecular weight excluding hydrogens is 338 g/mol. The highest BCUT2D eigenvalue weighted by Gasteiger charge is 2.27. The molecule has 7 nitrogen and oxygen atoms in total. The first kappa shape index (κ1) is 16.7. The first-order chi connectivity index (χ1) is 12.1. The highest BCUT2D eigenvalue weighted by molar-refractivity contribution is 6.32. The van der Waals surface area contributed by atoms with E-state index in [2.05, 4.69) is 25.6 Å². The largest absolute Gasteiger partial charge is 0.351 e. The van der Waals surface area contributed by atoms with Gasteiger partial charge < -0.3 is 11.1 Å². The Balaban J connectivity index is 1.57. The Kier molecular flexibility index (Phi) is 4.60. The van der Waals surface area contributed by atoms with Gasteiger partial charge in [0.1, 0.15) is 11.4 Å². The molecule has 2 fully saturated rings.